The molecule has 0 aliphatic heterocycles. The zero-order chi connectivity index (χ0) is 8.97. The molecule has 12 heavy (non-hydrogen) atoms. The van der Waals surface area contributed by atoms with Crippen molar-refractivity contribution in [3.8, 4) is 0 Å². The Kier molecular flexibility index (Phi) is 3.09. The molecule has 2 radical (unpaired) electrons. The molecule has 0 bridgehead atoms. The molecule has 0 atom stereocenters. The van der Waals surface area contributed by atoms with Crippen LogP contribution in [-0.4, -0.2) is 0 Å². The van der Waals surface area contributed by atoms with Gasteiger partial charge >= 0.3 is 0 Å². The topological polar surface area (TPSA) is 0 Å². The molecule has 0 amide bonds. The predicted molar refractivity (Wildman–Crippen MR) is 52.8 cm³/mol. The van der Waals surface area contributed by atoms with E-state index < -0.39 is 0 Å². The van der Waals surface area contributed by atoms with Crippen LogP contribution in [-0.2, 0) is 12.8 Å². The first-order valence-electron chi connectivity index (χ1n) is 4.40. The van der Waals surface area contributed by atoms with Gasteiger partial charge in [-0.3, -0.25) is 0 Å². The van der Waals surface area contributed by atoms with Gasteiger partial charge in [-0.05, 0) is 35.6 Å². The minimum absolute atomic E-state index is 1.02. The molecule has 0 unspecified atom stereocenters. The Morgan fingerprint density at radius 1 is 1.42 bits per heavy atom. The average Bonchev–Trinajstić information content (AvgIpc) is 2.16. The molecular weight excluding hydrogens is 144 g/mol. The Balaban J connectivity index is 3.10. The molecule has 0 aliphatic carbocycles. The summed E-state index contributed by atoms with van der Waals surface area (Å²) in [4.78, 5) is 0. The number of aryl methyl sites for hydroxylation is 2. The SMILES string of the molecule is [CH]=Cc1cc(CC)[c]cc1CC. The highest BCUT2D eigenvalue weighted by molar-refractivity contribution is 5.52. The van der Waals surface area contributed by atoms with E-state index in [1.807, 2.05) is 6.07 Å². The van der Waals surface area contributed by atoms with Crippen molar-refractivity contribution in [2.75, 3.05) is 0 Å². The second kappa shape index (κ2) is 4.10. The van der Waals surface area contributed by atoms with E-state index in [1.165, 1.54) is 11.1 Å². The standard InChI is InChI=1S/C12H14/c1-4-10-7-8-11(5-2)12(6-3)9-10/h3,6,8-9H,4-5H2,1-2H3. The highest BCUT2D eigenvalue weighted by Crippen LogP contribution is 2.13. The van der Waals surface area contributed by atoms with Crippen molar-refractivity contribution in [1.29, 1.82) is 0 Å². The summed E-state index contributed by atoms with van der Waals surface area (Å²) in [5, 5.41) is 0. The van der Waals surface area contributed by atoms with E-state index in [1.54, 1.807) is 6.08 Å². The lowest BCUT2D eigenvalue weighted by atomic mass is 10.0. The van der Waals surface area contributed by atoms with Gasteiger partial charge in [0.15, 0.2) is 0 Å². The normalized spacial score (nSPS) is 9.83. The second-order valence-corrected chi connectivity index (χ2v) is 2.81. The molecule has 0 heteroatoms. The van der Waals surface area contributed by atoms with Crippen LogP contribution in [0.5, 0.6) is 0 Å². The van der Waals surface area contributed by atoms with E-state index in [4.69, 9.17) is 6.58 Å². The average molecular weight is 158 g/mol. The van der Waals surface area contributed by atoms with E-state index in [9.17, 15) is 0 Å². The van der Waals surface area contributed by atoms with Crippen molar-refractivity contribution in [3.63, 3.8) is 0 Å². The highest BCUT2D eigenvalue weighted by Gasteiger charge is 1.97. The van der Waals surface area contributed by atoms with Gasteiger partial charge in [-0.1, -0.05) is 38.6 Å². The van der Waals surface area contributed by atoms with Gasteiger partial charge in [0.2, 0.25) is 0 Å². The number of hydrogen-bond donors (Lipinski definition) is 0. The lowest BCUT2D eigenvalue weighted by Crippen LogP contribution is -1.89. The van der Waals surface area contributed by atoms with Crippen molar-refractivity contribution in [2.24, 2.45) is 0 Å². The lowest BCUT2D eigenvalue weighted by molar-refractivity contribution is 1.09. The molecule has 0 saturated heterocycles. The fourth-order valence-corrected chi connectivity index (χ4v) is 1.25. The molecule has 0 N–H and O–H groups in total. The van der Waals surface area contributed by atoms with Crippen LogP contribution in [0.25, 0.3) is 6.08 Å². The largest absolute Gasteiger partial charge is 0.0616 e. The monoisotopic (exact) mass is 158 g/mol. The Morgan fingerprint density at radius 3 is 2.67 bits per heavy atom. The maximum Gasteiger partial charge on any atom is -0.0146 e. The Labute approximate surface area is 74.9 Å². The van der Waals surface area contributed by atoms with Gasteiger partial charge in [0, 0.05) is 0 Å². The van der Waals surface area contributed by atoms with Crippen LogP contribution in [0.15, 0.2) is 12.1 Å². The summed E-state index contributed by atoms with van der Waals surface area (Å²) in [5.41, 5.74) is 3.65. The maximum atomic E-state index is 5.51. The highest BCUT2D eigenvalue weighted by atomic mass is 14.0. The van der Waals surface area contributed by atoms with Crippen LogP contribution in [0.3, 0.4) is 0 Å². The van der Waals surface area contributed by atoms with Crippen molar-refractivity contribution in [2.45, 2.75) is 26.7 Å². The number of rotatable bonds is 3. The molecule has 1 aromatic rings. The van der Waals surface area contributed by atoms with Crippen LogP contribution >= 0.6 is 0 Å². The molecule has 0 saturated carbocycles. The van der Waals surface area contributed by atoms with E-state index in [-0.39, 0.29) is 0 Å². The quantitative estimate of drug-likeness (QED) is 0.634. The van der Waals surface area contributed by atoms with Gasteiger partial charge in [0.05, 0.1) is 0 Å². The summed E-state index contributed by atoms with van der Waals surface area (Å²) in [6.07, 6.45) is 3.71. The molecule has 0 aromatic heterocycles. The summed E-state index contributed by atoms with van der Waals surface area (Å²) in [6.45, 7) is 9.76. The third-order valence-corrected chi connectivity index (χ3v) is 2.07. The molecule has 0 heterocycles. The van der Waals surface area contributed by atoms with Gasteiger partial charge in [-0.25, -0.2) is 0 Å². The number of hydrogen-bond acceptors (Lipinski definition) is 0. The van der Waals surface area contributed by atoms with Crippen LogP contribution in [0.1, 0.15) is 30.5 Å². The first-order valence-corrected chi connectivity index (χ1v) is 4.40. The Morgan fingerprint density at radius 2 is 2.17 bits per heavy atom. The molecule has 0 fully saturated rings. The fraction of sp³-hybridized carbons (Fsp3) is 0.333. The van der Waals surface area contributed by atoms with Crippen molar-refractivity contribution in [1.82, 2.24) is 0 Å². The van der Waals surface area contributed by atoms with Crippen LogP contribution in [0.2, 0.25) is 0 Å². The minimum Gasteiger partial charge on any atom is -0.0616 e. The maximum absolute atomic E-state index is 5.51. The van der Waals surface area contributed by atoms with Crippen molar-refractivity contribution < 1.29 is 0 Å². The third-order valence-electron chi connectivity index (χ3n) is 2.07. The molecule has 62 valence electrons. The smallest absolute Gasteiger partial charge is 0.0146 e. The van der Waals surface area contributed by atoms with Crippen molar-refractivity contribution >= 4 is 6.08 Å². The second-order valence-electron chi connectivity index (χ2n) is 2.81. The van der Waals surface area contributed by atoms with Gasteiger partial charge in [-0.2, -0.15) is 0 Å². The molecule has 0 nitrogen and oxygen atoms in total. The van der Waals surface area contributed by atoms with Crippen molar-refractivity contribution in [3.05, 3.63) is 41.5 Å². The summed E-state index contributed by atoms with van der Waals surface area (Å²) >= 11 is 0. The predicted octanol–water partition coefficient (Wildman–Crippen LogP) is 3.06. The summed E-state index contributed by atoms with van der Waals surface area (Å²) in [5.74, 6) is 0. The molecule has 0 spiro atoms. The van der Waals surface area contributed by atoms with Crippen LogP contribution < -0.4 is 0 Å². The molecule has 1 aromatic carbocycles. The first-order chi connectivity index (χ1) is 5.81. The zero-order valence-electron chi connectivity index (χ0n) is 7.72. The van der Waals surface area contributed by atoms with Gasteiger partial charge in [-0.15, -0.1) is 0 Å². The molecule has 1 rings (SSSR count). The van der Waals surface area contributed by atoms with Gasteiger partial charge in [0.25, 0.3) is 0 Å². The van der Waals surface area contributed by atoms with Gasteiger partial charge in [0.1, 0.15) is 0 Å². The summed E-state index contributed by atoms with van der Waals surface area (Å²) < 4.78 is 0. The first kappa shape index (κ1) is 9.05. The summed E-state index contributed by atoms with van der Waals surface area (Å²) in [7, 11) is 0. The van der Waals surface area contributed by atoms with Crippen LogP contribution in [0, 0.1) is 12.6 Å². The lowest BCUT2D eigenvalue weighted by Gasteiger charge is -2.04. The Bertz CT molecular complexity index is 271. The molecule has 0 aliphatic rings. The molecular formula is C12H14. The minimum atomic E-state index is 1.02. The third kappa shape index (κ3) is 1.76. The van der Waals surface area contributed by atoms with Crippen LogP contribution in [0.4, 0.5) is 0 Å². The van der Waals surface area contributed by atoms with E-state index in [0.29, 0.717) is 0 Å². The fourth-order valence-electron chi connectivity index (χ4n) is 1.25. The van der Waals surface area contributed by atoms with E-state index in [0.717, 1.165) is 18.4 Å². The summed E-state index contributed by atoms with van der Waals surface area (Å²) in [6, 6.07) is 7.39. The van der Waals surface area contributed by atoms with E-state index in [2.05, 4.69) is 26.0 Å². The zero-order valence-corrected chi connectivity index (χ0v) is 7.72. The van der Waals surface area contributed by atoms with E-state index >= 15 is 0 Å². The van der Waals surface area contributed by atoms with Gasteiger partial charge < -0.3 is 0 Å². The Hall–Kier alpha value is -1.04. The number of benzene rings is 1.